The molecule has 0 aromatic carbocycles. The predicted octanol–water partition coefficient (Wildman–Crippen LogP) is 3.32. The minimum atomic E-state index is -0.131. The quantitative estimate of drug-likeness (QED) is 0.403. The molecule has 0 aliphatic carbocycles. The van der Waals surface area contributed by atoms with Gasteiger partial charge in [0.1, 0.15) is 0 Å². The Hall–Kier alpha value is -0.570. The summed E-state index contributed by atoms with van der Waals surface area (Å²) < 4.78 is 10.4. The third-order valence-electron chi connectivity index (χ3n) is 2.35. The summed E-state index contributed by atoms with van der Waals surface area (Å²) in [4.78, 5) is 11.2. The summed E-state index contributed by atoms with van der Waals surface area (Å²) in [6.07, 6.45) is 7.13. The highest BCUT2D eigenvalue weighted by Gasteiger charge is 2.01. The molecule has 0 spiro atoms. The van der Waals surface area contributed by atoms with Gasteiger partial charge in [-0.25, -0.2) is 0 Å². The average Bonchev–Trinajstić information content (AvgIpc) is 2.28. The van der Waals surface area contributed by atoms with E-state index in [4.69, 9.17) is 9.47 Å². The Morgan fingerprint density at radius 1 is 0.875 bits per heavy atom. The van der Waals surface area contributed by atoms with Crippen LogP contribution < -0.4 is 0 Å². The molecule has 0 aromatic rings. The van der Waals surface area contributed by atoms with Gasteiger partial charge in [-0.2, -0.15) is 0 Å². The molecule has 0 aromatic heterocycles. The summed E-state index contributed by atoms with van der Waals surface area (Å²) in [5.74, 6) is -0.131. The maximum Gasteiger partial charge on any atom is 0.308 e. The zero-order valence-corrected chi connectivity index (χ0v) is 10.8. The molecule has 0 radical (unpaired) electrons. The summed E-state index contributed by atoms with van der Waals surface area (Å²) in [6.45, 7) is 6.09. The van der Waals surface area contributed by atoms with Crippen LogP contribution in [-0.2, 0) is 14.3 Å². The molecule has 0 atom stereocenters. The normalized spacial score (nSPS) is 10.4. The van der Waals surface area contributed by atoms with Crippen molar-refractivity contribution in [2.75, 3.05) is 19.8 Å². The standard InChI is InChI=1S/C13H26O3/c1-3-5-7-8-11-16-13(14)9-12-15-10-6-4-2/h3-12H2,1-2H3. The minimum absolute atomic E-state index is 0.131. The van der Waals surface area contributed by atoms with Crippen molar-refractivity contribution in [1.82, 2.24) is 0 Å². The Morgan fingerprint density at radius 3 is 2.31 bits per heavy atom. The first-order valence-corrected chi connectivity index (χ1v) is 6.54. The SMILES string of the molecule is CCCCCCOC(=O)CCOCCCC. The topological polar surface area (TPSA) is 35.5 Å². The number of hydrogen-bond acceptors (Lipinski definition) is 3. The lowest BCUT2D eigenvalue weighted by molar-refractivity contribution is -0.145. The summed E-state index contributed by atoms with van der Waals surface area (Å²) in [5.41, 5.74) is 0. The lowest BCUT2D eigenvalue weighted by atomic mass is 10.2. The van der Waals surface area contributed by atoms with E-state index in [0.29, 0.717) is 19.6 Å². The second-order valence-corrected chi connectivity index (χ2v) is 4.00. The minimum Gasteiger partial charge on any atom is -0.466 e. The maximum atomic E-state index is 11.2. The summed E-state index contributed by atoms with van der Waals surface area (Å²) in [5, 5.41) is 0. The molecule has 0 fully saturated rings. The predicted molar refractivity (Wildman–Crippen MR) is 65.4 cm³/mol. The molecular formula is C13H26O3. The maximum absolute atomic E-state index is 11.2. The summed E-state index contributed by atoms with van der Waals surface area (Å²) in [7, 11) is 0. The van der Waals surface area contributed by atoms with E-state index in [1.54, 1.807) is 0 Å². The van der Waals surface area contributed by atoms with Crippen LogP contribution in [0.5, 0.6) is 0 Å². The van der Waals surface area contributed by atoms with Crippen LogP contribution >= 0.6 is 0 Å². The molecule has 0 bridgehead atoms. The first-order valence-electron chi connectivity index (χ1n) is 6.54. The molecule has 3 nitrogen and oxygen atoms in total. The Labute approximate surface area is 99.5 Å². The zero-order valence-electron chi connectivity index (χ0n) is 10.8. The molecule has 0 heterocycles. The van der Waals surface area contributed by atoms with Gasteiger partial charge in [0.2, 0.25) is 0 Å². The fourth-order valence-electron chi connectivity index (χ4n) is 1.29. The van der Waals surface area contributed by atoms with Gasteiger partial charge < -0.3 is 9.47 Å². The average molecular weight is 230 g/mol. The molecule has 0 amide bonds. The molecular weight excluding hydrogens is 204 g/mol. The van der Waals surface area contributed by atoms with Crippen molar-refractivity contribution >= 4 is 5.97 Å². The van der Waals surface area contributed by atoms with Crippen molar-refractivity contribution in [3.05, 3.63) is 0 Å². The van der Waals surface area contributed by atoms with Crippen LogP contribution in [0.1, 0.15) is 58.8 Å². The van der Waals surface area contributed by atoms with E-state index >= 15 is 0 Å². The van der Waals surface area contributed by atoms with E-state index in [1.165, 1.54) is 12.8 Å². The van der Waals surface area contributed by atoms with E-state index in [0.717, 1.165) is 32.3 Å². The van der Waals surface area contributed by atoms with Gasteiger partial charge in [0.15, 0.2) is 0 Å². The smallest absolute Gasteiger partial charge is 0.308 e. The van der Waals surface area contributed by atoms with Crippen LogP contribution in [0.3, 0.4) is 0 Å². The highest BCUT2D eigenvalue weighted by Crippen LogP contribution is 2.00. The van der Waals surface area contributed by atoms with Crippen molar-refractivity contribution in [3.8, 4) is 0 Å². The Morgan fingerprint density at radius 2 is 1.62 bits per heavy atom. The molecule has 0 saturated carbocycles. The van der Waals surface area contributed by atoms with Gasteiger partial charge >= 0.3 is 5.97 Å². The monoisotopic (exact) mass is 230 g/mol. The molecule has 16 heavy (non-hydrogen) atoms. The largest absolute Gasteiger partial charge is 0.466 e. The lowest BCUT2D eigenvalue weighted by Crippen LogP contribution is -2.09. The molecule has 3 heteroatoms. The second kappa shape index (κ2) is 12.5. The fourth-order valence-corrected chi connectivity index (χ4v) is 1.29. The van der Waals surface area contributed by atoms with Gasteiger partial charge in [-0.05, 0) is 12.8 Å². The Balaban J connectivity index is 3.12. The van der Waals surface area contributed by atoms with Crippen LogP contribution in [0, 0.1) is 0 Å². The molecule has 0 N–H and O–H groups in total. The number of unbranched alkanes of at least 4 members (excludes halogenated alkanes) is 4. The molecule has 96 valence electrons. The van der Waals surface area contributed by atoms with Crippen LogP contribution in [0.2, 0.25) is 0 Å². The van der Waals surface area contributed by atoms with Crippen LogP contribution in [-0.4, -0.2) is 25.8 Å². The van der Waals surface area contributed by atoms with E-state index in [9.17, 15) is 4.79 Å². The number of hydrogen-bond donors (Lipinski definition) is 0. The van der Waals surface area contributed by atoms with Crippen LogP contribution in [0.15, 0.2) is 0 Å². The Bertz CT molecular complexity index is 141. The number of ether oxygens (including phenoxy) is 2. The van der Waals surface area contributed by atoms with E-state index in [1.807, 2.05) is 0 Å². The van der Waals surface area contributed by atoms with Gasteiger partial charge in [-0.1, -0.05) is 39.5 Å². The van der Waals surface area contributed by atoms with E-state index in [-0.39, 0.29) is 5.97 Å². The van der Waals surface area contributed by atoms with E-state index in [2.05, 4.69) is 13.8 Å². The molecule has 0 aliphatic rings. The molecule has 0 saturated heterocycles. The molecule has 0 aliphatic heterocycles. The summed E-state index contributed by atoms with van der Waals surface area (Å²) in [6, 6.07) is 0. The number of esters is 1. The highest BCUT2D eigenvalue weighted by atomic mass is 16.5. The fraction of sp³-hybridized carbons (Fsp3) is 0.923. The highest BCUT2D eigenvalue weighted by molar-refractivity contribution is 5.69. The first-order chi connectivity index (χ1) is 7.81. The van der Waals surface area contributed by atoms with Crippen molar-refractivity contribution in [1.29, 1.82) is 0 Å². The third-order valence-corrected chi connectivity index (χ3v) is 2.35. The first kappa shape index (κ1) is 15.4. The lowest BCUT2D eigenvalue weighted by Gasteiger charge is -2.05. The van der Waals surface area contributed by atoms with Crippen molar-refractivity contribution in [2.24, 2.45) is 0 Å². The van der Waals surface area contributed by atoms with E-state index < -0.39 is 0 Å². The molecule has 0 rings (SSSR count). The summed E-state index contributed by atoms with van der Waals surface area (Å²) >= 11 is 0. The Kier molecular flexibility index (Phi) is 12.1. The van der Waals surface area contributed by atoms with Crippen molar-refractivity contribution < 1.29 is 14.3 Å². The van der Waals surface area contributed by atoms with Gasteiger partial charge in [0, 0.05) is 6.61 Å². The second-order valence-electron chi connectivity index (χ2n) is 4.00. The third kappa shape index (κ3) is 11.5. The van der Waals surface area contributed by atoms with Gasteiger partial charge in [0.25, 0.3) is 0 Å². The molecule has 0 unspecified atom stereocenters. The number of carbonyl (C=O) groups is 1. The van der Waals surface area contributed by atoms with Crippen molar-refractivity contribution in [3.63, 3.8) is 0 Å². The van der Waals surface area contributed by atoms with Gasteiger partial charge in [-0.15, -0.1) is 0 Å². The van der Waals surface area contributed by atoms with Gasteiger partial charge in [-0.3, -0.25) is 4.79 Å². The zero-order chi connectivity index (χ0) is 12.1. The van der Waals surface area contributed by atoms with Gasteiger partial charge in [0.05, 0.1) is 19.6 Å². The number of carbonyl (C=O) groups excluding carboxylic acids is 1. The van der Waals surface area contributed by atoms with Crippen LogP contribution in [0.25, 0.3) is 0 Å². The van der Waals surface area contributed by atoms with Crippen LogP contribution in [0.4, 0.5) is 0 Å². The van der Waals surface area contributed by atoms with Crippen molar-refractivity contribution in [2.45, 2.75) is 58.8 Å². The number of rotatable bonds is 11.